The number of carbonyl (C=O) groups is 2. The van der Waals surface area contributed by atoms with Crippen molar-refractivity contribution in [1.82, 2.24) is 4.90 Å². The lowest BCUT2D eigenvalue weighted by molar-refractivity contribution is -0.120. The van der Waals surface area contributed by atoms with Gasteiger partial charge in [0.1, 0.15) is 5.70 Å². The molecule has 0 unspecified atom stereocenters. The van der Waals surface area contributed by atoms with Crippen molar-refractivity contribution in [1.29, 1.82) is 0 Å². The van der Waals surface area contributed by atoms with Crippen LogP contribution in [0, 0.1) is 27.7 Å². The van der Waals surface area contributed by atoms with Crippen molar-refractivity contribution in [2.45, 2.75) is 34.2 Å². The second-order valence-electron chi connectivity index (χ2n) is 8.60. The molecule has 0 aliphatic carbocycles. The Morgan fingerprint density at radius 1 is 0.750 bits per heavy atom. The van der Waals surface area contributed by atoms with Gasteiger partial charge in [-0.05, 0) is 61.6 Å². The Morgan fingerprint density at radius 3 is 2.12 bits per heavy atom. The highest BCUT2D eigenvalue weighted by Gasteiger charge is 2.42. The molecule has 0 saturated heterocycles. The van der Waals surface area contributed by atoms with Crippen LogP contribution in [0.4, 0.5) is 5.69 Å². The Bertz CT molecular complexity index is 1240. The number of benzene rings is 3. The number of rotatable bonds is 5. The van der Waals surface area contributed by atoms with E-state index in [9.17, 15) is 9.59 Å². The molecule has 4 nitrogen and oxygen atoms in total. The van der Waals surface area contributed by atoms with Crippen LogP contribution in [0.1, 0.15) is 33.4 Å². The summed E-state index contributed by atoms with van der Waals surface area (Å²) in [5.41, 5.74) is 7.60. The normalized spacial score (nSPS) is 13.8. The van der Waals surface area contributed by atoms with Crippen LogP contribution >= 0.6 is 0 Å². The first-order valence-corrected chi connectivity index (χ1v) is 10.8. The predicted octanol–water partition coefficient (Wildman–Crippen LogP) is 5.34. The molecule has 32 heavy (non-hydrogen) atoms. The van der Waals surface area contributed by atoms with Crippen LogP contribution in [0.15, 0.2) is 72.4 Å². The molecule has 0 saturated carbocycles. The summed E-state index contributed by atoms with van der Waals surface area (Å²) in [6.07, 6.45) is 0. The quantitative estimate of drug-likeness (QED) is 0.519. The van der Waals surface area contributed by atoms with E-state index in [2.05, 4.69) is 0 Å². The maximum atomic E-state index is 13.7. The number of amides is 2. The third-order valence-electron chi connectivity index (χ3n) is 6.09. The Kier molecular flexibility index (Phi) is 5.70. The maximum Gasteiger partial charge on any atom is 0.282 e. The van der Waals surface area contributed by atoms with E-state index in [-0.39, 0.29) is 11.8 Å². The van der Waals surface area contributed by atoms with Gasteiger partial charge in [-0.2, -0.15) is 0 Å². The topological polar surface area (TPSA) is 40.6 Å². The predicted molar refractivity (Wildman–Crippen MR) is 129 cm³/mol. The molecule has 1 aliphatic heterocycles. The fourth-order valence-corrected chi connectivity index (χ4v) is 4.24. The van der Waals surface area contributed by atoms with Gasteiger partial charge in [0.25, 0.3) is 11.8 Å². The van der Waals surface area contributed by atoms with Gasteiger partial charge in [-0.3, -0.25) is 9.59 Å². The molecule has 0 fully saturated rings. The van der Waals surface area contributed by atoms with Gasteiger partial charge in [0, 0.05) is 13.6 Å². The van der Waals surface area contributed by atoms with Gasteiger partial charge in [0.2, 0.25) is 0 Å². The summed E-state index contributed by atoms with van der Waals surface area (Å²) in [5, 5.41) is 0. The molecule has 3 aromatic rings. The smallest absolute Gasteiger partial charge is 0.282 e. The third-order valence-corrected chi connectivity index (χ3v) is 6.09. The zero-order valence-electron chi connectivity index (χ0n) is 19.3. The maximum absolute atomic E-state index is 13.7. The molecule has 0 N–H and O–H groups in total. The molecule has 0 aromatic heterocycles. The average molecular weight is 425 g/mol. The molecule has 0 spiro atoms. The number of anilines is 1. The van der Waals surface area contributed by atoms with Crippen LogP contribution < -0.4 is 4.90 Å². The summed E-state index contributed by atoms with van der Waals surface area (Å²) in [5.74, 6) is -0.561. The summed E-state index contributed by atoms with van der Waals surface area (Å²) >= 11 is 0. The van der Waals surface area contributed by atoms with E-state index in [0.29, 0.717) is 23.5 Å². The van der Waals surface area contributed by atoms with Crippen LogP contribution in [0.3, 0.4) is 0 Å². The van der Waals surface area contributed by atoms with Crippen LogP contribution in [-0.4, -0.2) is 23.8 Å². The van der Waals surface area contributed by atoms with E-state index in [1.807, 2.05) is 106 Å². The summed E-state index contributed by atoms with van der Waals surface area (Å²) < 4.78 is 0. The van der Waals surface area contributed by atoms with E-state index < -0.39 is 0 Å². The minimum absolute atomic E-state index is 0.278. The Balaban J connectivity index is 1.84. The Morgan fingerprint density at radius 2 is 1.47 bits per heavy atom. The summed E-state index contributed by atoms with van der Waals surface area (Å²) in [6, 6.07) is 21.7. The van der Waals surface area contributed by atoms with Gasteiger partial charge >= 0.3 is 0 Å². The monoisotopic (exact) mass is 424 g/mol. The fourth-order valence-electron chi connectivity index (χ4n) is 4.24. The first-order chi connectivity index (χ1) is 15.3. The molecule has 0 bridgehead atoms. The number of carbonyl (C=O) groups excluding carboxylic acids is 2. The van der Waals surface area contributed by atoms with E-state index in [1.165, 1.54) is 4.90 Å². The molecule has 4 rings (SSSR count). The molecule has 0 radical (unpaired) electrons. The molecule has 4 heteroatoms. The second-order valence-corrected chi connectivity index (χ2v) is 8.60. The number of likely N-dealkylation sites (N-methyl/N-ethyl adjacent to an activating group) is 1. The van der Waals surface area contributed by atoms with Crippen molar-refractivity contribution in [3.8, 4) is 0 Å². The average Bonchev–Trinajstić information content (AvgIpc) is 3.01. The zero-order valence-corrected chi connectivity index (χ0v) is 19.3. The second kappa shape index (κ2) is 8.46. The summed E-state index contributed by atoms with van der Waals surface area (Å²) in [6.45, 7) is 8.53. The van der Waals surface area contributed by atoms with Crippen molar-refractivity contribution in [3.05, 3.63) is 106 Å². The number of hydrogen-bond acceptors (Lipinski definition) is 3. The molecular weight excluding hydrogens is 396 g/mol. The lowest BCUT2D eigenvalue weighted by Gasteiger charge is -2.22. The van der Waals surface area contributed by atoms with Gasteiger partial charge in [0.15, 0.2) is 0 Å². The number of aryl methyl sites for hydroxylation is 4. The molecule has 0 atom stereocenters. The van der Waals surface area contributed by atoms with Gasteiger partial charge in [-0.25, -0.2) is 4.90 Å². The van der Waals surface area contributed by atoms with Gasteiger partial charge in [-0.1, -0.05) is 66.2 Å². The third kappa shape index (κ3) is 3.84. The van der Waals surface area contributed by atoms with E-state index in [0.717, 1.165) is 33.4 Å². The Labute approximate surface area is 189 Å². The van der Waals surface area contributed by atoms with Crippen LogP contribution in [0.2, 0.25) is 0 Å². The van der Waals surface area contributed by atoms with Crippen molar-refractivity contribution in [3.63, 3.8) is 0 Å². The number of imide groups is 1. The SMILES string of the molecule is Cc1ccc(N2C(=O)C(c3ccc(C)c(C)c3)=C(N(C)Cc3ccccc3)C2=O)c(C)c1. The highest BCUT2D eigenvalue weighted by molar-refractivity contribution is 6.45. The highest BCUT2D eigenvalue weighted by atomic mass is 16.2. The number of hydrogen-bond donors (Lipinski definition) is 0. The van der Waals surface area contributed by atoms with Gasteiger partial charge < -0.3 is 4.90 Å². The minimum Gasteiger partial charge on any atom is -0.365 e. The molecule has 1 aliphatic rings. The number of nitrogens with zero attached hydrogens (tertiary/aromatic N) is 2. The van der Waals surface area contributed by atoms with Crippen molar-refractivity contribution in [2.75, 3.05) is 11.9 Å². The van der Waals surface area contributed by atoms with E-state index >= 15 is 0 Å². The van der Waals surface area contributed by atoms with Crippen molar-refractivity contribution < 1.29 is 9.59 Å². The van der Waals surface area contributed by atoms with Crippen LogP contribution in [0.25, 0.3) is 5.57 Å². The lowest BCUT2D eigenvalue weighted by Crippen LogP contribution is -2.34. The fraction of sp³-hybridized carbons (Fsp3) is 0.214. The zero-order chi connectivity index (χ0) is 23.0. The van der Waals surface area contributed by atoms with Crippen LogP contribution in [0.5, 0.6) is 0 Å². The molecule has 2 amide bonds. The first kappa shape index (κ1) is 21.6. The van der Waals surface area contributed by atoms with E-state index in [1.54, 1.807) is 0 Å². The molecular formula is C28H28N2O2. The van der Waals surface area contributed by atoms with Crippen LogP contribution in [-0.2, 0) is 16.1 Å². The molecule has 1 heterocycles. The highest BCUT2D eigenvalue weighted by Crippen LogP contribution is 2.36. The minimum atomic E-state index is -0.284. The summed E-state index contributed by atoms with van der Waals surface area (Å²) in [4.78, 5) is 30.7. The van der Waals surface area contributed by atoms with Gasteiger partial charge in [-0.15, -0.1) is 0 Å². The molecule has 3 aromatic carbocycles. The lowest BCUT2D eigenvalue weighted by atomic mass is 9.99. The first-order valence-electron chi connectivity index (χ1n) is 10.8. The largest absolute Gasteiger partial charge is 0.365 e. The van der Waals surface area contributed by atoms with Crippen molar-refractivity contribution in [2.24, 2.45) is 0 Å². The Hall–Kier alpha value is -3.66. The van der Waals surface area contributed by atoms with Crippen molar-refractivity contribution >= 4 is 23.1 Å². The summed E-state index contributed by atoms with van der Waals surface area (Å²) in [7, 11) is 1.88. The standard InChI is InChI=1S/C28H28N2O2/c1-18-11-14-24(21(4)15-18)30-27(31)25(23-13-12-19(2)20(3)16-23)26(28(30)32)29(5)17-22-9-7-6-8-10-22/h6-16H,17H2,1-5H3. The van der Waals surface area contributed by atoms with E-state index in [4.69, 9.17) is 0 Å². The molecule has 162 valence electrons. The van der Waals surface area contributed by atoms with Gasteiger partial charge in [0.05, 0.1) is 11.3 Å².